The molecule has 108 valence electrons. The van der Waals surface area contributed by atoms with E-state index in [9.17, 15) is 13.2 Å². The first-order chi connectivity index (χ1) is 9.30. The molecule has 0 unspecified atom stereocenters. The van der Waals surface area contributed by atoms with Gasteiger partial charge in [-0.3, -0.25) is 10.1 Å². The molecule has 0 aliphatic heterocycles. The van der Waals surface area contributed by atoms with Crippen molar-refractivity contribution in [2.45, 2.75) is 11.8 Å². The van der Waals surface area contributed by atoms with Crippen LogP contribution in [0.1, 0.15) is 14.7 Å². The van der Waals surface area contributed by atoms with E-state index in [1.807, 2.05) is 0 Å². The molecule has 2 aromatic rings. The van der Waals surface area contributed by atoms with Crippen LogP contribution in [0.3, 0.4) is 0 Å². The molecular weight excluding hydrogens is 320 g/mol. The van der Waals surface area contributed by atoms with E-state index in [-0.39, 0.29) is 4.90 Å². The molecule has 0 fully saturated rings. The second-order valence-electron chi connectivity index (χ2n) is 4.01. The lowest BCUT2D eigenvalue weighted by atomic mass is 10.4. The van der Waals surface area contributed by atoms with Gasteiger partial charge in [0, 0.05) is 19.5 Å². The van der Waals surface area contributed by atoms with Gasteiger partial charge in [0.15, 0.2) is 0 Å². The van der Waals surface area contributed by atoms with Gasteiger partial charge < -0.3 is 0 Å². The van der Waals surface area contributed by atoms with Crippen molar-refractivity contribution in [3.05, 3.63) is 21.3 Å². The van der Waals surface area contributed by atoms with E-state index in [0.717, 1.165) is 20.6 Å². The van der Waals surface area contributed by atoms with Crippen LogP contribution < -0.4 is 5.32 Å². The molecule has 1 amide bonds. The Morgan fingerprint density at radius 1 is 1.35 bits per heavy atom. The summed E-state index contributed by atoms with van der Waals surface area (Å²) in [6.45, 7) is 1.78. The van der Waals surface area contributed by atoms with Crippen LogP contribution in [0.15, 0.2) is 16.3 Å². The number of carbonyl (C=O) groups excluding carboxylic acids is 1. The summed E-state index contributed by atoms with van der Waals surface area (Å²) in [5, 5.41) is 12.7. The third-order valence-electron chi connectivity index (χ3n) is 2.32. The molecule has 2 heterocycles. The Morgan fingerprint density at radius 3 is 2.60 bits per heavy atom. The SMILES string of the molecule is Cc1nnc(NC(=O)c2cc(S(=O)(=O)N(C)C)cs2)s1. The van der Waals surface area contributed by atoms with E-state index in [4.69, 9.17) is 0 Å². The predicted molar refractivity (Wildman–Crippen MR) is 77.8 cm³/mol. The van der Waals surface area contributed by atoms with Crippen molar-refractivity contribution < 1.29 is 13.2 Å². The highest BCUT2D eigenvalue weighted by Crippen LogP contribution is 2.23. The molecular formula is C10H12N4O3S3. The number of hydrogen-bond donors (Lipinski definition) is 1. The van der Waals surface area contributed by atoms with Crippen molar-refractivity contribution in [1.29, 1.82) is 0 Å². The molecule has 2 aromatic heterocycles. The first kappa shape index (κ1) is 15.0. The summed E-state index contributed by atoms with van der Waals surface area (Å²) in [5.41, 5.74) is 0. The van der Waals surface area contributed by atoms with Gasteiger partial charge in [-0.2, -0.15) is 0 Å². The number of anilines is 1. The third kappa shape index (κ3) is 3.03. The molecule has 0 atom stereocenters. The molecule has 0 aromatic carbocycles. The van der Waals surface area contributed by atoms with Crippen LogP contribution in [0.2, 0.25) is 0 Å². The molecule has 20 heavy (non-hydrogen) atoms. The maximum atomic E-state index is 12.0. The van der Waals surface area contributed by atoms with Crippen LogP contribution in [0, 0.1) is 6.92 Å². The zero-order valence-electron chi connectivity index (χ0n) is 10.9. The molecule has 0 bridgehead atoms. The smallest absolute Gasteiger partial charge is 0.267 e. The number of sulfonamides is 1. The molecule has 10 heteroatoms. The fourth-order valence-corrected chi connectivity index (χ4v) is 3.93. The minimum Gasteiger partial charge on any atom is -0.296 e. The monoisotopic (exact) mass is 332 g/mol. The Hall–Kier alpha value is -1.36. The molecule has 2 rings (SSSR count). The van der Waals surface area contributed by atoms with E-state index in [0.29, 0.717) is 10.0 Å². The summed E-state index contributed by atoms with van der Waals surface area (Å²) in [4.78, 5) is 12.4. The molecule has 1 N–H and O–H groups in total. The highest BCUT2D eigenvalue weighted by molar-refractivity contribution is 7.89. The summed E-state index contributed by atoms with van der Waals surface area (Å²) in [6, 6.07) is 1.35. The number of rotatable bonds is 4. The summed E-state index contributed by atoms with van der Waals surface area (Å²) in [7, 11) is -0.637. The van der Waals surface area contributed by atoms with Crippen molar-refractivity contribution in [3.63, 3.8) is 0 Å². The number of aromatic nitrogens is 2. The van der Waals surface area contributed by atoms with Crippen LogP contribution in [-0.2, 0) is 10.0 Å². The van der Waals surface area contributed by atoms with Gasteiger partial charge in [-0.1, -0.05) is 11.3 Å². The van der Waals surface area contributed by atoms with Gasteiger partial charge in [0.25, 0.3) is 5.91 Å². The first-order valence-electron chi connectivity index (χ1n) is 5.43. The lowest BCUT2D eigenvalue weighted by molar-refractivity contribution is 0.103. The third-order valence-corrected chi connectivity index (χ3v) is 5.95. The van der Waals surface area contributed by atoms with Crippen LogP contribution in [0.4, 0.5) is 5.13 Å². The number of nitrogens with one attached hydrogen (secondary N) is 1. The Kier molecular flexibility index (Phi) is 4.18. The largest absolute Gasteiger partial charge is 0.296 e. The summed E-state index contributed by atoms with van der Waals surface area (Å²) < 4.78 is 24.9. The van der Waals surface area contributed by atoms with Crippen LogP contribution in [0.5, 0.6) is 0 Å². The van der Waals surface area contributed by atoms with Gasteiger partial charge in [0.05, 0.1) is 9.77 Å². The average Bonchev–Trinajstić information content (AvgIpc) is 2.98. The lowest BCUT2D eigenvalue weighted by Crippen LogP contribution is -2.21. The van der Waals surface area contributed by atoms with Crippen molar-refractivity contribution in [2.75, 3.05) is 19.4 Å². The normalized spacial score (nSPS) is 11.8. The van der Waals surface area contributed by atoms with Gasteiger partial charge in [-0.15, -0.1) is 21.5 Å². The quantitative estimate of drug-likeness (QED) is 0.914. The number of nitrogens with zero attached hydrogens (tertiary/aromatic N) is 3. The number of hydrogen-bond acceptors (Lipinski definition) is 7. The predicted octanol–water partition coefficient (Wildman–Crippen LogP) is 1.41. The van der Waals surface area contributed by atoms with Crippen LogP contribution in [-0.4, -0.2) is 42.9 Å². The number of aryl methyl sites for hydroxylation is 1. The van der Waals surface area contributed by atoms with E-state index in [1.54, 1.807) is 6.92 Å². The van der Waals surface area contributed by atoms with Crippen molar-refractivity contribution in [1.82, 2.24) is 14.5 Å². The second-order valence-corrected chi connectivity index (χ2v) is 8.26. The fraction of sp³-hybridized carbons (Fsp3) is 0.300. The minimum absolute atomic E-state index is 0.103. The Bertz CT molecular complexity index is 733. The highest BCUT2D eigenvalue weighted by atomic mass is 32.2. The molecule has 0 radical (unpaired) electrons. The topological polar surface area (TPSA) is 92.3 Å². The zero-order valence-corrected chi connectivity index (χ0v) is 13.4. The Labute approximate surface area is 124 Å². The Morgan fingerprint density at radius 2 is 2.05 bits per heavy atom. The van der Waals surface area contributed by atoms with Crippen molar-refractivity contribution >= 4 is 43.7 Å². The second kappa shape index (κ2) is 5.56. The van der Waals surface area contributed by atoms with Crippen molar-refractivity contribution in [2.24, 2.45) is 0 Å². The van der Waals surface area contributed by atoms with Gasteiger partial charge in [0.1, 0.15) is 5.01 Å². The lowest BCUT2D eigenvalue weighted by Gasteiger charge is -2.08. The highest BCUT2D eigenvalue weighted by Gasteiger charge is 2.21. The maximum absolute atomic E-state index is 12.0. The van der Waals surface area contributed by atoms with Gasteiger partial charge in [-0.25, -0.2) is 12.7 Å². The summed E-state index contributed by atoms with van der Waals surface area (Å²) in [5.74, 6) is -0.397. The molecule has 0 saturated heterocycles. The maximum Gasteiger partial charge on any atom is 0.267 e. The first-order valence-corrected chi connectivity index (χ1v) is 8.57. The molecule has 0 saturated carbocycles. The van der Waals surface area contributed by atoms with Crippen molar-refractivity contribution in [3.8, 4) is 0 Å². The minimum atomic E-state index is -3.52. The molecule has 0 aliphatic carbocycles. The average molecular weight is 332 g/mol. The number of amides is 1. The van der Waals surface area contributed by atoms with Gasteiger partial charge >= 0.3 is 0 Å². The van der Waals surface area contributed by atoms with E-state index in [2.05, 4.69) is 15.5 Å². The van der Waals surface area contributed by atoms with E-state index >= 15 is 0 Å². The standard InChI is InChI=1S/C10H12N4O3S3/c1-6-12-13-10(19-6)11-9(15)8-4-7(5-18-8)20(16,17)14(2)3/h4-5H,1-3H3,(H,11,13,15). The van der Waals surface area contributed by atoms with E-state index in [1.165, 1.54) is 36.9 Å². The zero-order chi connectivity index (χ0) is 14.9. The molecule has 0 spiro atoms. The van der Waals surface area contributed by atoms with Crippen LogP contribution in [0.25, 0.3) is 0 Å². The number of carbonyl (C=O) groups is 1. The van der Waals surface area contributed by atoms with Gasteiger partial charge in [-0.05, 0) is 13.0 Å². The van der Waals surface area contributed by atoms with Gasteiger partial charge in [0.2, 0.25) is 15.2 Å². The van der Waals surface area contributed by atoms with Crippen LogP contribution >= 0.6 is 22.7 Å². The number of thiophene rings is 1. The molecule has 7 nitrogen and oxygen atoms in total. The summed E-state index contributed by atoms with van der Waals surface area (Å²) in [6.07, 6.45) is 0. The summed E-state index contributed by atoms with van der Waals surface area (Å²) >= 11 is 2.32. The Balaban J connectivity index is 2.19. The molecule has 0 aliphatic rings. The van der Waals surface area contributed by atoms with E-state index < -0.39 is 15.9 Å². The fourth-order valence-electron chi connectivity index (χ4n) is 1.29.